The second-order valence-electron chi connectivity index (χ2n) is 9.97. The fraction of sp³-hybridized carbons (Fsp3) is 0.731. The zero-order valence-corrected chi connectivity index (χ0v) is 21.3. The highest BCUT2D eigenvalue weighted by Gasteiger charge is 2.23. The third kappa shape index (κ3) is 8.42. The molecule has 2 fully saturated rings. The normalized spacial score (nSPS) is 23.1. The lowest BCUT2D eigenvalue weighted by atomic mass is 9.83. The van der Waals surface area contributed by atoms with E-state index in [1.54, 1.807) is 6.92 Å². The van der Waals surface area contributed by atoms with Crippen molar-refractivity contribution in [3.05, 3.63) is 28.2 Å². The molecule has 0 spiro atoms. The SMILES string of the molecule is CC(=O)NC1CCC(CCCN2CCC(Cc3cc(OC(C)C)ccc3Br)CC2)CC1. The number of likely N-dealkylation sites (tertiary alicyclic amines) is 1. The first-order valence-corrected chi connectivity index (χ1v) is 13.1. The van der Waals surface area contributed by atoms with Gasteiger partial charge in [0, 0.05) is 17.4 Å². The highest BCUT2D eigenvalue weighted by Crippen LogP contribution is 2.30. The summed E-state index contributed by atoms with van der Waals surface area (Å²) in [7, 11) is 0. The number of halogens is 1. The highest BCUT2D eigenvalue weighted by atomic mass is 79.9. The summed E-state index contributed by atoms with van der Waals surface area (Å²) >= 11 is 3.74. The van der Waals surface area contributed by atoms with Gasteiger partial charge in [0.1, 0.15) is 5.75 Å². The molecule has 1 aliphatic heterocycles. The molecule has 0 unspecified atom stereocenters. The smallest absolute Gasteiger partial charge is 0.217 e. The van der Waals surface area contributed by atoms with Crippen LogP contribution in [0.15, 0.2) is 22.7 Å². The van der Waals surface area contributed by atoms with Gasteiger partial charge in [0.2, 0.25) is 5.91 Å². The van der Waals surface area contributed by atoms with Gasteiger partial charge in [-0.15, -0.1) is 0 Å². The van der Waals surface area contributed by atoms with Crippen LogP contribution in [0.25, 0.3) is 0 Å². The molecule has 1 aromatic carbocycles. The van der Waals surface area contributed by atoms with Crippen molar-refractivity contribution in [3.63, 3.8) is 0 Å². The average molecular weight is 494 g/mol. The van der Waals surface area contributed by atoms with Crippen molar-refractivity contribution < 1.29 is 9.53 Å². The summed E-state index contributed by atoms with van der Waals surface area (Å²) in [6, 6.07) is 6.83. The van der Waals surface area contributed by atoms with E-state index in [0.29, 0.717) is 6.04 Å². The quantitative estimate of drug-likeness (QED) is 0.461. The molecule has 174 valence electrons. The number of hydrogen-bond acceptors (Lipinski definition) is 3. The summed E-state index contributed by atoms with van der Waals surface area (Å²) < 4.78 is 7.09. The molecule has 0 bridgehead atoms. The molecule has 2 aliphatic rings. The molecule has 0 radical (unpaired) electrons. The number of rotatable bonds is 9. The summed E-state index contributed by atoms with van der Waals surface area (Å²) in [5.74, 6) is 2.73. The minimum absolute atomic E-state index is 0.121. The molecule has 1 N–H and O–H groups in total. The zero-order chi connectivity index (χ0) is 22.2. The summed E-state index contributed by atoms with van der Waals surface area (Å²) in [5, 5.41) is 3.09. The summed E-state index contributed by atoms with van der Waals surface area (Å²) in [6.45, 7) is 9.51. The van der Waals surface area contributed by atoms with E-state index in [0.717, 1.165) is 36.8 Å². The van der Waals surface area contributed by atoms with Crippen LogP contribution in [0, 0.1) is 11.8 Å². The lowest BCUT2D eigenvalue weighted by Crippen LogP contribution is -2.37. The van der Waals surface area contributed by atoms with Crippen LogP contribution in [0.3, 0.4) is 0 Å². The number of carbonyl (C=O) groups is 1. The van der Waals surface area contributed by atoms with Crippen molar-refractivity contribution in [1.82, 2.24) is 10.2 Å². The Labute approximate surface area is 197 Å². The number of amides is 1. The van der Waals surface area contributed by atoms with Crippen LogP contribution in [0.1, 0.15) is 77.7 Å². The molecule has 1 heterocycles. The van der Waals surface area contributed by atoms with Crippen LogP contribution < -0.4 is 10.1 Å². The fourth-order valence-corrected chi connectivity index (χ4v) is 5.67. The van der Waals surface area contributed by atoms with Gasteiger partial charge in [-0.05, 0) is 127 Å². The van der Waals surface area contributed by atoms with Gasteiger partial charge in [0.05, 0.1) is 6.10 Å². The Balaban J connectivity index is 1.33. The van der Waals surface area contributed by atoms with Crippen molar-refractivity contribution in [3.8, 4) is 5.75 Å². The number of carbonyl (C=O) groups excluding carboxylic acids is 1. The van der Waals surface area contributed by atoms with E-state index >= 15 is 0 Å². The molecule has 1 amide bonds. The van der Waals surface area contributed by atoms with Crippen LogP contribution in [-0.2, 0) is 11.2 Å². The number of benzene rings is 1. The van der Waals surface area contributed by atoms with E-state index in [1.165, 1.54) is 68.2 Å². The van der Waals surface area contributed by atoms with Gasteiger partial charge in [0.15, 0.2) is 0 Å². The molecule has 0 aromatic heterocycles. The molecule has 1 saturated heterocycles. The zero-order valence-electron chi connectivity index (χ0n) is 19.7. The summed E-state index contributed by atoms with van der Waals surface area (Å²) in [5.41, 5.74) is 1.38. The van der Waals surface area contributed by atoms with Gasteiger partial charge < -0.3 is 15.0 Å². The largest absolute Gasteiger partial charge is 0.491 e. The Bertz CT molecular complexity index is 693. The van der Waals surface area contributed by atoms with Crippen molar-refractivity contribution in [2.75, 3.05) is 19.6 Å². The maximum atomic E-state index is 11.2. The van der Waals surface area contributed by atoms with Gasteiger partial charge in [0.25, 0.3) is 0 Å². The number of nitrogens with zero attached hydrogens (tertiary/aromatic N) is 1. The van der Waals surface area contributed by atoms with E-state index in [-0.39, 0.29) is 12.0 Å². The van der Waals surface area contributed by atoms with Crippen molar-refractivity contribution in [2.45, 2.75) is 90.7 Å². The molecular formula is C26H41BrN2O2. The second-order valence-corrected chi connectivity index (χ2v) is 10.8. The average Bonchev–Trinajstić information content (AvgIpc) is 2.72. The number of hydrogen-bond donors (Lipinski definition) is 1. The minimum atomic E-state index is 0.121. The van der Waals surface area contributed by atoms with Crippen LogP contribution in [-0.4, -0.2) is 42.6 Å². The van der Waals surface area contributed by atoms with Gasteiger partial charge in [-0.1, -0.05) is 15.9 Å². The Kier molecular flexibility index (Phi) is 9.71. The topological polar surface area (TPSA) is 41.6 Å². The molecule has 1 aliphatic carbocycles. The van der Waals surface area contributed by atoms with Crippen LogP contribution in [0.2, 0.25) is 0 Å². The molecule has 0 atom stereocenters. The van der Waals surface area contributed by atoms with E-state index in [4.69, 9.17) is 4.74 Å². The molecular weight excluding hydrogens is 452 g/mol. The Hall–Kier alpha value is -1.07. The van der Waals surface area contributed by atoms with E-state index in [2.05, 4.69) is 58.2 Å². The number of nitrogens with one attached hydrogen (secondary N) is 1. The van der Waals surface area contributed by atoms with E-state index < -0.39 is 0 Å². The highest BCUT2D eigenvalue weighted by molar-refractivity contribution is 9.10. The van der Waals surface area contributed by atoms with Crippen molar-refractivity contribution in [1.29, 1.82) is 0 Å². The van der Waals surface area contributed by atoms with E-state index in [9.17, 15) is 4.79 Å². The van der Waals surface area contributed by atoms with Gasteiger partial charge in [-0.25, -0.2) is 0 Å². The maximum absolute atomic E-state index is 11.2. The third-order valence-electron chi connectivity index (χ3n) is 6.95. The van der Waals surface area contributed by atoms with Gasteiger partial charge >= 0.3 is 0 Å². The first-order chi connectivity index (χ1) is 14.9. The summed E-state index contributed by atoms with van der Waals surface area (Å²) in [6.07, 6.45) is 11.5. The van der Waals surface area contributed by atoms with E-state index in [1.807, 2.05) is 0 Å². The molecule has 31 heavy (non-hydrogen) atoms. The van der Waals surface area contributed by atoms with Gasteiger partial charge in [-0.2, -0.15) is 0 Å². The third-order valence-corrected chi connectivity index (χ3v) is 7.72. The second kappa shape index (κ2) is 12.2. The lowest BCUT2D eigenvalue weighted by Gasteiger charge is -2.33. The molecule has 1 aromatic rings. The predicted molar refractivity (Wildman–Crippen MR) is 132 cm³/mol. The molecule has 3 rings (SSSR count). The first kappa shape index (κ1) is 24.6. The first-order valence-electron chi connectivity index (χ1n) is 12.3. The maximum Gasteiger partial charge on any atom is 0.217 e. The minimum Gasteiger partial charge on any atom is -0.491 e. The van der Waals surface area contributed by atoms with Crippen LogP contribution in [0.5, 0.6) is 5.75 Å². The standard InChI is InChI=1S/C26H41BrN2O2/c1-19(2)31-25-10-11-26(27)23(18-25)17-22-12-15-29(16-13-22)14-4-5-21-6-8-24(9-7-21)28-20(3)30/h10-11,18-19,21-22,24H,4-9,12-17H2,1-3H3,(H,28,30). The number of piperidine rings is 1. The monoisotopic (exact) mass is 492 g/mol. The lowest BCUT2D eigenvalue weighted by molar-refractivity contribution is -0.119. The van der Waals surface area contributed by atoms with Crippen LogP contribution in [0.4, 0.5) is 0 Å². The van der Waals surface area contributed by atoms with Crippen molar-refractivity contribution >= 4 is 21.8 Å². The molecule has 5 heteroatoms. The van der Waals surface area contributed by atoms with Crippen molar-refractivity contribution in [2.24, 2.45) is 11.8 Å². The fourth-order valence-electron chi connectivity index (χ4n) is 5.26. The number of ether oxygens (including phenoxy) is 1. The van der Waals surface area contributed by atoms with Gasteiger partial charge in [-0.3, -0.25) is 4.79 Å². The Morgan fingerprint density at radius 1 is 1.13 bits per heavy atom. The molecule has 1 saturated carbocycles. The Morgan fingerprint density at radius 3 is 2.48 bits per heavy atom. The predicted octanol–water partition coefficient (Wildman–Crippen LogP) is 5.97. The Morgan fingerprint density at radius 2 is 1.84 bits per heavy atom. The summed E-state index contributed by atoms with van der Waals surface area (Å²) in [4.78, 5) is 13.9. The van der Waals surface area contributed by atoms with Crippen LogP contribution >= 0.6 is 15.9 Å². The molecule has 4 nitrogen and oxygen atoms in total.